The molecule has 1 amide bonds. The quantitative estimate of drug-likeness (QED) is 0.696. The molecule has 0 aromatic heterocycles. The zero-order valence-corrected chi connectivity index (χ0v) is 10.1. The standard InChI is InChI=1S/C11H19NO5/c1-7-3-4-9(17-7)10(13)12-8(11(14)15)5-6-16-2/h7-9H,3-6H2,1-2H3,(H,12,13)(H,14,15)/t7-,8+,9+/m1/s1. The maximum absolute atomic E-state index is 11.7. The third-order valence-corrected chi connectivity index (χ3v) is 2.75. The summed E-state index contributed by atoms with van der Waals surface area (Å²) in [4.78, 5) is 22.6. The van der Waals surface area contributed by atoms with E-state index in [-0.39, 0.29) is 18.4 Å². The number of carbonyl (C=O) groups is 2. The molecule has 0 unspecified atom stereocenters. The van der Waals surface area contributed by atoms with Crippen LogP contribution < -0.4 is 5.32 Å². The summed E-state index contributed by atoms with van der Waals surface area (Å²) in [7, 11) is 1.49. The summed E-state index contributed by atoms with van der Waals surface area (Å²) >= 11 is 0. The Labute approximate surface area is 100 Å². The third-order valence-electron chi connectivity index (χ3n) is 2.75. The molecule has 0 saturated carbocycles. The fraction of sp³-hybridized carbons (Fsp3) is 0.818. The molecule has 17 heavy (non-hydrogen) atoms. The molecule has 0 aromatic rings. The molecule has 0 aromatic carbocycles. The summed E-state index contributed by atoms with van der Waals surface area (Å²) in [6.45, 7) is 2.19. The van der Waals surface area contributed by atoms with Crippen LogP contribution in [0.2, 0.25) is 0 Å². The van der Waals surface area contributed by atoms with Crippen molar-refractivity contribution >= 4 is 11.9 Å². The van der Waals surface area contributed by atoms with Crippen LogP contribution in [-0.2, 0) is 19.1 Å². The number of nitrogens with one attached hydrogen (secondary N) is 1. The van der Waals surface area contributed by atoms with Gasteiger partial charge in [-0.3, -0.25) is 4.79 Å². The zero-order valence-electron chi connectivity index (χ0n) is 10.1. The van der Waals surface area contributed by atoms with Gasteiger partial charge in [-0.05, 0) is 19.8 Å². The highest BCUT2D eigenvalue weighted by Crippen LogP contribution is 2.19. The monoisotopic (exact) mass is 245 g/mol. The second-order valence-corrected chi connectivity index (χ2v) is 4.19. The van der Waals surface area contributed by atoms with Crippen molar-refractivity contribution in [2.24, 2.45) is 0 Å². The largest absolute Gasteiger partial charge is 0.480 e. The molecule has 98 valence electrons. The Kier molecular flexibility index (Phi) is 5.37. The van der Waals surface area contributed by atoms with Gasteiger partial charge in [-0.25, -0.2) is 4.79 Å². The Morgan fingerprint density at radius 2 is 2.24 bits per heavy atom. The zero-order chi connectivity index (χ0) is 12.8. The fourth-order valence-corrected chi connectivity index (χ4v) is 1.75. The molecule has 2 N–H and O–H groups in total. The number of carboxylic acids is 1. The topological polar surface area (TPSA) is 84.9 Å². The maximum atomic E-state index is 11.7. The number of hydrogen-bond acceptors (Lipinski definition) is 4. The number of methoxy groups -OCH3 is 1. The highest BCUT2D eigenvalue weighted by atomic mass is 16.5. The van der Waals surface area contributed by atoms with Crippen molar-refractivity contribution in [1.29, 1.82) is 0 Å². The molecule has 0 aliphatic carbocycles. The number of aliphatic carboxylic acids is 1. The van der Waals surface area contributed by atoms with Crippen LogP contribution in [0.1, 0.15) is 26.2 Å². The van der Waals surface area contributed by atoms with Gasteiger partial charge in [-0.1, -0.05) is 0 Å². The Hall–Kier alpha value is -1.14. The average molecular weight is 245 g/mol. The van der Waals surface area contributed by atoms with Crippen LogP contribution in [0.15, 0.2) is 0 Å². The normalized spacial score (nSPS) is 25.5. The average Bonchev–Trinajstić information content (AvgIpc) is 2.70. The van der Waals surface area contributed by atoms with Gasteiger partial charge in [0.25, 0.3) is 0 Å². The van der Waals surface area contributed by atoms with Gasteiger partial charge in [0.2, 0.25) is 5.91 Å². The first-order chi connectivity index (χ1) is 8.04. The van der Waals surface area contributed by atoms with Gasteiger partial charge in [0, 0.05) is 20.1 Å². The van der Waals surface area contributed by atoms with Crippen LogP contribution in [0.25, 0.3) is 0 Å². The van der Waals surface area contributed by atoms with E-state index in [1.165, 1.54) is 7.11 Å². The molecule has 0 bridgehead atoms. The molecular formula is C11H19NO5. The number of rotatable bonds is 6. The summed E-state index contributed by atoms with van der Waals surface area (Å²) in [5.41, 5.74) is 0. The fourth-order valence-electron chi connectivity index (χ4n) is 1.75. The van der Waals surface area contributed by atoms with E-state index in [0.717, 1.165) is 6.42 Å². The van der Waals surface area contributed by atoms with Crippen molar-refractivity contribution in [3.05, 3.63) is 0 Å². The lowest BCUT2D eigenvalue weighted by Gasteiger charge is -2.17. The lowest BCUT2D eigenvalue weighted by Crippen LogP contribution is -2.46. The molecule has 6 heteroatoms. The van der Waals surface area contributed by atoms with Gasteiger partial charge < -0.3 is 19.9 Å². The first kappa shape index (κ1) is 13.9. The van der Waals surface area contributed by atoms with Crippen LogP contribution in [0.4, 0.5) is 0 Å². The van der Waals surface area contributed by atoms with E-state index in [4.69, 9.17) is 14.6 Å². The molecule has 0 radical (unpaired) electrons. The highest BCUT2D eigenvalue weighted by Gasteiger charge is 2.30. The number of hydrogen-bond donors (Lipinski definition) is 2. The van der Waals surface area contributed by atoms with E-state index < -0.39 is 18.1 Å². The number of amides is 1. The summed E-state index contributed by atoms with van der Waals surface area (Å²) in [5, 5.41) is 11.4. The number of carboxylic acid groups (broad SMARTS) is 1. The van der Waals surface area contributed by atoms with Crippen LogP contribution in [0.3, 0.4) is 0 Å². The van der Waals surface area contributed by atoms with Gasteiger partial charge in [-0.2, -0.15) is 0 Å². The van der Waals surface area contributed by atoms with Gasteiger partial charge in [-0.15, -0.1) is 0 Å². The van der Waals surface area contributed by atoms with Crippen LogP contribution in [0.5, 0.6) is 0 Å². The smallest absolute Gasteiger partial charge is 0.326 e. The molecule has 3 atom stereocenters. The Morgan fingerprint density at radius 3 is 2.71 bits per heavy atom. The molecule has 1 fully saturated rings. The summed E-state index contributed by atoms with van der Waals surface area (Å²) in [5.74, 6) is -1.40. The van der Waals surface area contributed by atoms with E-state index in [1.807, 2.05) is 6.92 Å². The summed E-state index contributed by atoms with van der Waals surface area (Å²) in [6.07, 6.45) is 1.26. The van der Waals surface area contributed by atoms with Crippen LogP contribution in [-0.4, -0.2) is 48.9 Å². The van der Waals surface area contributed by atoms with Crippen molar-refractivity contribution in [3.8, 4) is 0 Å². The predicted molar refractivity (Wildman–Crippen MR) is 59.6 cm³/mol. The maximum Gasteiger partial charge on any atom is 0.326 e. The van der Waals surface area contributed by atoms with E-state index in [2.05, 4.69) is 5.32 Å². The predicted octanol–water partition coefficient (Wildman–Crippen LogP) is 0.160. The first-order valence-electron chi connectivity index (χ1n) is 5.72. The van der Waals surface area contributed by atoms with Gasteiger partial charge in [0.1, 0.15) is 12.1 Å². The summed E-state index contributed by atoms with van der Waals surface area (Å²) < 4.78 is 10.2. The van der Waals surface area contributed by atoms with Crippen molar-refractivity contribution < 1.29 is 24.2 Å². The second-order valence-electron chi connectivity index (χ2n) is 4.19. The van der Waals surface area contributed by atoms with Crippen LogP contribution >= 0.6 is 0 Å². The molecule has 1 aliphatic heterocycles. The molecule has 1 saturated heterocycles. The van der Waals surface area contributed by atoms with E-state index in [1.54, 1.807) is 0 Å². The molecular weight excluding hydrogens is 226 g/mol. The van der Waals surface area contributed by atoms with Crippen molar-refractivity contribution in [2.45, 2.75) is 44.4 Å². The van der Waals surface area contributed by atoms with Crippen molar-refractivity contribution in [1.82, 2.24) is 5.32 Å². The molecule has 0 spiro atoms. The summed E-state index contributed by atoms with van der Waals surface area (Å²) in [6, 6.07) is -0.915. The van der Waals surface area contributed by atoms with Crippen molar-refractivity contribution in [3.63, 3.8) is 0 Å². The molecule has 1 rings (SSSR count). The minimum absolute atomic E-state index is 0.0630. The molecule has 1 aliphatic rings. The van der Waals surface area contributed by atoms with E-state index in [9.17, 15) is 9.59 Å². The lowest BCUT2D eigenvalue weighted by molar-refractivity contribution is -0.144. The lowest BCUT2D eigenvalue weighted by atomic mass is 10.1. The van der Waals surface area contributed by atoms with E-state index in [0.29, 0.717) is 13.0 Å². The Bertz CT molecular complexity index is 281. The van der Waals surface area contributed by atoms with Gasteiger partial charge in [0.05, 0.1) is 6.10 Å². The third kappa shape index (κ3) is 4.32. The Morgan fingerprint density at radius 1 is 1.53 bits per heavy atom. The van der Waals surface area contributed by atoms with E-state index >= 15 is 0 Å². The minimum Gasteiger partial charge on any atom is -0.480 e. The number of ether oxygens (including phenoxy) is 2. The van der Waals surface area contributed by atoms with Crippen molar-refractivity contribution in [2.75, 3.05) is 13.7 Å². The number of carbonyl (C=O) groups excluding carboxylic acids is 1. The Balaban J connectivity index is 2.43. The first-order valence-corrected chi connectivity index (χ1v) is 5.72. The van der Waals surface area contributed by atoms with Crippen LogP contribution in [0, 0.1) is 0 Å². The SMILES string of the molecule is COCC[C@H](NC(=O)[C@@H]1CC[C@@H](C)O1)C(=O)O. The molecule has 1 heterocycles. The van der Waals surface area contributed by atoms with Gasteiger partial charge >= 0.3 is 5.97 Å². The second kappa shape index (κ2) is 6.56. The highest BCUT2D eigenvalue weighted by molar-refractivity contribution is 5.86. The molecule has 6 nitrogen and oxygen atoms in total. The van der Waals surface area contributed by atoms with Gasteiger partial charge in [0.15, 0.2) is 0 Å². The minimum atomic E-state index is -1.05.